The van der Waals surface area contributed by atoms with Crippen molar-refractivity contribution in [3.63, 3.8) is 0 Å². The Morgan fingerprint density at radius 3 is 2.35 bits per heavy atom. The van der Waals surface area contributed by atoms with Crippen molar-refractivity contribution < 1.29 is 24.5 Å². The average Bonchev–Trinajstić information content (AvgIpc) is 3.60. The van der Waals surface area contributed by atoms with Crippen LogP contribution in [0.2, 0.25) is 0 Å². The van der Waals surface area contributed by atoms with E-state index in [9.17, 15) is 14.0 Å². The van der Waals surface area contributed by atoms with Crippen molar-refractivity contribution in [2.75, 3.05) is 31.0 Å². The number of esters is 1. The lowest BCUT2D eigenvalue weighted by atomic mass is 9.87. The molecule has 5 nitrogen and oxygen atoms in total. The Balaban J connectivity index is 1.51. The zero-order valence-corrected chi connectivity index (χ0v) is 22.9. The molecule has 2 saturated carbocycles. The maximum atomic E-state index is 15.7. The molecule has 0 saturated heterocycles. The van der Waals surface area contributed by atoms with Crippen molar-refractivity contribution in [3.05, 3.63) is 89.5 Å². The molecule has 0 spiro atoms. The first-order valence-corrected chi connectivity index (χ1v) is 13.5. The minimum absolute atomic E-state index is 0.0195. The van der Waals surface area contributed by atoms with Crippen molar-refractivity contribution in [2.45, 2.75) is 32.2 Å². The summed E-state index contributed by atoms with van der Waals surface area (Å²) in [6.45, 7) is -1.44. The zero-order chi connectivity index (χ0) is 29.3. The van der Waals surface area contributed by atoms with Crippen LogP contribution in [0, 0.1) is 29.4 Å². The van der Waals surface area contributed by atoms with Gasteiger partial charge in [0.05, 0.1) is 15.0 Å². The normalized spacial score (nSPS) is 20.8. The highest BCUT2D eigenvalue weighted by Crippen LogP contribution is 2.49. The number of carbonyl (C=O) groups excluding carboxylic acids is 2. The molecule has 40 heavy (non-hydrogen) atoms. The van der Waals surface area contributed by atoms with Crippen molar-refractivity contribution >= 4 is 29.3 Å². The van der Waals surface area contributed by atoms with Gasteiger partial charge in [-0.05, 0) is 90.3 Å². The minimum Gasteiger partial charge on any atom is -0.466 e. The Morgan fingerprint density at radius 1 is 0.975 bits per heavy atom. The molecule has 2 fully saturated rings. The van der Waals surface area contributed by atoms with Crippen LogP contribution in [0.4, 0.5) is 20.2 Å². The summed E-state index contributed by atoms with van der Waals surface area (Å²) in [6.07, 6.45) is 6.27. The minimum atomic E-state index is -1.44. The molecule has 2 aliphatic rings. The second-order valence-corrected chi connectivity index (χ2v) is 10.9. The summed E-state index contributed by atoms with van der Waals surface area (Å²) in [5.74, 6) is -1.77. The van der Waals surface area contributed by atoms with Gasteiger partial charge in [0.25, 0.3) is 0 Å². The lowest BCUT2D eigenvalue weighted by Crippen LogP contribution is -2.38. The fraction of sp³-hybridized carbons (Fsp3) is 0.333. The van der Waals surface area contributed by atoms with E-state index in [1.165, 1.54) is 48.4 Å². The van der Waals surface area contributed by atoms with Crippen LogP contribution in [0.1, 0.15) is 38.2 Å². The second-order valence-electron chi connectivity index (χ2n) is 10.9. The molecule has 208 valence electrons. The van der Waals surface area contributed by atoms with Crippen LogP contribution >= 0.6 is 0 Å². The van der Waals surface area contributed by atoms with E-state index in [1.54, 1.807) is 6.07 Å². The number of methoxy groups -OCH3 is 1. The molecular formula is C33H34F2N2O3. The van der Waals surface area contributed by atoms with E-state index < -0.39 is 24.1 Å². The summed E-state index contributed by atoms with van der Waals surface area (Å²) in [4.78, 5) is 28.8. The molecule has 4 atom stereocenters. The van der Waals surface area contributed by atoms with Gasteiger partial charge in [0.2, 0.25) is 5.91 Å². The van der Waals surface area contributed by atoms with Gasteiger partial charge in [0, 0.05) is 43.0 Å². The lowest BCUT2D eigenvalue weighted by molar-refractivity contribution is -0.134. The molecule has 0 aliphatic heterocycles. The van der Waals surface area contributed by atoms with E-state index in [0.717, 1.165) is 43.0 Å². The van der Waals surface area contributed by atoms with Gasteiger partial charge < -0.3 is 14.5 Å². The SMILES string of the molecule is [2H][C@H](c1ccc(-c2ccc(N(C)C)cc2)cc1F)N(C(=O)[C@@H]1C[C@@H]2CC[C@H]1C2)c1cc(F)cc(/C=C/C(=O)OC)c1. The van der Waals surface area contributed by atoms with E-state index >= 15 is 4.39 Å². The van der Waals surface area contributed by atoms with Crippen LogP contribution in [0.3, 0.4) is 0 Å². The number of ether oxygens (including phenoxy) is 1. The highest BCUT2D eigenvalue weighted by molar-refractivity contribution is 5.96. The summed E-state index contributed by atoms with van der Waals surface area (Å²) in [5, 5.41) is 0. The standard InChI is InChI=1S/C33H34F2N2O3/c1-36(2)28-11-9-23(10-12-28)24-7-8-26(31(35)18-24)20-37(33(39)30-17-21-4-6-25(30)14-21)29-16-22(15-27(34)19-29)5-13-32(38)40-3/h5,7-13,15-16,18-19,21,25,30H,4,6,14,17,20H2,1-3H3/b13-5+/t21-,25+,30-/m1/s1/i20D/t20-,21-,25+,30-. The first-order chi connectivity index (χ1) is 19.6. The summed E-state index contributed by atoms with van der Waals surface area (Å²) >= 11 is 0. The first kappa shape index (κ1) is 26.2. The average molecular weight is 546 g/mol. The Labute approximate surface area is 235 Å². The number of hydrogen-bond acceptors (Lipinski definition) is 4. The van der Waals surface area contributed by atoms with Gasteiger partial charge >= 0.3 is 5.97 Å². The molecule has 2 aliphatic carbocycles. The predicted octanol–water partition coefficient (Wildman–Crippen LogP) is 6.85. The van der Waals surface area contributed by atoms with E-state index in [0.29, 0.717) is 17.0 Å². The molecule has 0 radical (unpaired) electrons. The van der Waals surface area contributed by atoms with Crippen LogP contribution in [-0.2, 0) is 20.8 Å². The zero-order valence-electron chi connectivity index (χ0n) is 23.9. The topological polar surface area (TPSA) is 49.9 Å². The number of carbonyl (C=O) groups is 2. The summed E-state index contributed by atoms with van der Waals surface area (Å²) in [7, 11) is 5.12. The van der Waals surface area contributed by atoms with Crippen molar-refractivity contribution in [3.8, 4) is 11.1 Å². The summed E-state index contributed by atoms with van der Waals surface area (Å²) in [5.41, 5.74) is 2.97. The fourth-order valence-corrected chi connectivity index (χ4v) is 5.96. The van der Waals surface area contributed by atoms with E-state index in [2.05, 4.69) is 4.74 Å². The van der Waals surface area contributed by atoms with E-state index in [1.807, 2.05) is 43.3 Å². The summed E-state index contributed by atoms with van der Waals surface area (Å²) in [6, 6.07) is 16.3. The third-order valence-electron chi connectivity index (χ3n) is 8.07. The lowest BCUT2D eigenvalue weighted by Gasteiger charge is -2.30. The van der Waals surface area contributed by atoms with E-state index in [4.69, 9.17) is 1.37 Å². The highest BCUT2D eigenvalue weighted by Gasteiger charge is 2.44. The fourth-order valence-electron chi connectivity index (χ4n) is 5.96. The smallest absolute Gasteiger partial charge is 0.330 e. The Bertz CT molecular complexity index is 1470. The molecule has 2 bridgehead atoms. The molecule has 0 unspecified atom stereocenters. The molecule has 5 rings (SSSR count). The summed E-state index contributed by atoms with van der Waals surface area (Å²) < 4.78 is 44.2. The van der Waals surface area contributed by atoms with E-state index in [-0.39, 0.29) is 29.0 Å². The maximum absolute atomic E-state index is 15.7. The van der Waals surface area contributed by atoms with Gasteiger partial charge in [-0.2, -0.15) is 0 Å². The van der Waals surface area contributed by atoms with Crippen molar-refractivity contribution in [1.29, 1.82) is 0 Å². The molecule has 1 amide bonds. The van der Waals surface area contributed by atoms with Crippen LogP contribution in [0.5, 0.6) is 0 Å². The number of nitrogens with zero attached hydrogens (tertiary/aromatic N) is 2. The van der Waals surface area contributed by atoms with Crippen molar-refractivity contribution in [1.82, 2.24) is 0 Å². The van der Waals surface area contributed by atoms with Gasteiger partial charge in [-0.15, -0.1) is 0 Å². The quantitative estimate of drug-likeness (QED) is 0.229. The van der Waals surface area contributed by atoms with Crippen LogP contribution in [-0.4, -0.2) is 33.1 Å². The molecule has 0 N–H and O–H groups in total. The van der Waals surface area contributed by atoms with Crippen LogP contribution < -0.4 is 9.80 Å². The Kier molecular flexibility index (Phi) is 7.62. The van der Waals surface area contributed by atoms with Gasteiger partial charge in [-0.3, -0.25) is 4.79 Å². The second kappa shape index (κ2) is 11.6. The predicted molar refractivity (Wildman–Crippen MR) is 154 cm³/mol. The molecule has 7 heteroatoms. The molecule has 0 aromatic heterocycles. The third-order valence-corrected chi connectivity index (χ3v) is 8.07. The largest absolute Gasteiger partial charge is 0.466 e. The maximum Gasteiger partial charge on any atom is 0.330 e. The van der Waals surface area contributed by atoms with Crippen LogP contribution in [0.15, 0.2) is 66.7 Å². The number of hydrogen-bond donors (Lipinski definition) is 0. The van der Waals surface area contributed by atoms with Gasteiger partial charge in [0.1, 0.15) is 11.6 Å². The number of benzene rings is 3. The Hall–Kier alpha value is -4.00. The highest BCUT2D eigenvalue weighted by atomic mass is 19.1. The van der Waals surface area contributed by atoms with Crippen LogP contribution in [0.25, 0.3) is 17.2 Å². The first-order valence-electron chi connectivity index (χ1n) is 14.1. The molecule has 3 aromatic rings. The van der Waals surface area contributed by atoms with Gasteiger partial charge in [-0.25, -0.2) is 13.6 Å². The molecular weight excluding hydrogens is 510 g/mol. The number of amides is 1. The van der Waals surface area contributed by atoms with Crippen molar-refractivity contribution in [2.24, 2.45) is 17.8 Å². The molecule has 0 heterocycles. The molecule has 3 aromatic carbocycles. The van der Waals surface area contributed by atoms with Gasteiger partial charge in [-0.1, -0.05) is 30.7 Å². The monoisotopic (exact) mass is 545 g/mol. The number of fused-ring (bicyclic) bond motifs is 2. The number of rotatable bonds is 8. The van der Waals surface area contributed by atoms with Gasteiger partial charge in [0.15, 0.2) is 0 Å². The Morgan fingerprint density at radius 2 is 1.73 bits per heavy atom. The third kappa shape index (κ3) is 5.93. The number of halogens is 2. The number of anilines is 2.